The van der Waals surface area contributed by atoms with E-state index in [2.05, 4.69) is 4.98 Å². The van der Waals surface area contributed by atoms with Gasteiger partial charge in [0.15, 0.2) is 0 Å². The molecular weight excluding hydrogens is 263 g/mol. The van der Waals surface area contributed by atoms with Crippen molar-refractivity contribution in [2.45, 2.75) is 12.1 Å². The highest BCUT2D eigenvalue weighted by Crippen LogP contribution is 2.37. The fraction of sp³-hybridized carbons (Fsp3) is 0.154. The third-order valence-corrected chi connectivity index (χ3v) is 2.87. The Morgan fingerprint density at radius 1 is 1.06 bits per heavy atom. The van der Waals surface area contributed by atoms with Gasteiger partial charge in [-0.2, -0.15) is 13.2 Å². The second-order valence-corrected chi connectivity index (χ2v) is 3.97. The molecule has 2 aromatic rings. The molecular formula is C13H9ClF3N. The molecule has 0 fully saturated rings. The highest BCUT2D eigenvalue weighted by molar-refractivity contribution is 6.17. The Bertz CT molecular complexity index is 538. The minimum Gasteiger partial charge on any atom is -0.265 e. The van der Waals surface area contributed by atoms with Gasteiger partial charge in [0.25, 0.3) is 0 Å². The summed E-state index contributed by atoms with van der Waals surface area (Å²) in [7, 11) is 0. The van der Waals surface area contributed by atoms with Crippen LogP contribution in [0.1, 0.15) is 11.1 Å². The van der Waals surface area contributed by atoms with E-state index >= 15 is 0 Å². The Kier molecular flexibility index (Phi) is 3.57. The van der Waals surface area contributed by atoms with Crippen LogP contribution >= 0.6 is 11.6 Å². The van der Waals surface area contributed by atoms with Gasteiger partial charge in [0.2, 0.25) is 0 Å². The lowest BCUT2D eigenvalue weighted by molar-refractivity contribution is -0.138. The fourth-order valence-electron chi connectivity index (χ4n) is 1.80. The highest BCUT2D eigenvalue weighted by Gasteiger charge is 2.33. The summed E-state index contributed by atoms with van der Waals surface area (Å²) in [6, 6.07) is 7.37. The monoisotopic (exact) mass is 271 g/mol. The maximum Gasteiger partial charge on any atom is 0.416 e. The van der Waals surface area contributed by atoms with Gasteiger partial charge >= 0.3 is 6.18 Å². The SMILES string of the molecule is FC(F)(F)c1cccc(-c2ccncc2)c1CCl. The van der Waals surface area contributed by atoms with Crippen LogP contribution in [0.4, 0.5) is 13.2 Å². The summed E-state index contributed by atoms with van der Waals surface area (Å²) in [5, 5.41) is 0. The molecule has 0 unspecified atom stereocenters. The number of alkyl halides is 4. The first-order valence-corrected chi connectivity index (χ1v) is 5.73. The molecule has 2 rings (SSSR count). The fourth-order valence-corrected chi connectivity index (χ4v) is 2.09. The number of halogens is 4. The van der Waals surface area contributed by atoms with Gasteiger partial charge in [0, 0.05) is 18.3 Å². The standard InChI is InChI=1S/C13H9ClF3N/c14-8-11-10(9-4-6-18-7-5-9)2-1-3-12(11)13(15,16)17/h1-7H,8H2. The molecule has 0 aliphatic rings. The lowest BCUT2D eigenvalue weighted by Gasteiger charge is -2.15. The molecule has 1 aromatic carbocycles. The summed E-state index contributed by atoms with van der Waals surface area (Å²) >= 11 is 5.68. The maximum atomic E-state index is 12.9. The van der Waals surface area contributed by atoms with Crippen LogP contribution in [0, 0.1) is 0 Å². The van der Waals surface area contributed by atoms with Gasteiger partial charge in [-0.05, 0) is 34.9 Å². The Labute approximate surface area is 107 Å². The zero-order chi connectivity index (χ0) is 13.2. The van der Waals surface area contributed by atoms with Gasteiger partial charge in [0.05, 0.1) is 5.56 Å². The van der Waals surface area contributed by atoms with Crippen LogP contribution in [-0.2, 0) is 12.1 Å². The Balaban J connectivity index is 2.63. The molecule has 0 atom stereocenters. The highest BCUT2D eigenvalue weighted by atomic mass is 35.5. The topological polar surface area (TPSA) is 12.9 Å². The van der Waals surface area contributed by atoms with Crippen LogP contribution in [0.15, 0.2) is 42.7 Å². The molecule has 18 heavy (non-hydrogen) atoms. The van der Waals surface area contributed by atoms with Gasteiger partial charge in [-0.25, -0.2) is 0 Å². The van der Waals surface area contributed by atoms with E-state index in [0.29, 0.717) is 11.1 Å². The predicted octanol–water partition coefficient (Wildman–Crippen LogP) is 4.51. The van der Waals surface area contributed by atoms with E-state index in [9.17, 15) is 13.2 Å². The summed E-state index contributed by atoms with van der Waals surface area (Å²) in [6.07, 6.45) is -1.32. The number of rotatable bonds is 2. The van der Waals surface area contributed by atoms with Crippen LogP contribution in [0.25, 0.3) is 11.1 Å². The summed E-state index contributed by atoms with van der Waals surface area (Å²) < 4.78 is 38.6. The summed E-state index contributed by atoms with van der Waals surface area (Å²) in [5.41, 5.74) is 0.568. The molecule has 94 valence electrons. The quantitative estimate of drug-likeness (QED) is 0.733. The first-order chi connectivity index (χ1) is 8.54. The van der Waals surface area contributed by atoms with E-state index in [-0.39, 0.29) is 11.4 Å². The molecule has 5 heteroatoms. The number of hydrogen-bond acceptors (Lipinski definition) is 1. The largest absolute Gasteiger partial charge is 0.416 e. The van der Waals surface area contributed by atoms with Crippen molar-refractivity contribution in [2.75, 3.05) is 0 Å². The molecule has 1 heterocycles. The van der Waals surface area contributed by atoms with Gasteiger partial charge in [-0.3, -0.25) is 4.98 Å². The minimum atomic E-state index is -4.40. The van der Waals surface area contributed by atoms with E-state index in [4.69, 9.17) is 11.6 Å². The van der Waals surface area contributed by atoms with Crippen molar-refractivity contribution in [3.8, 4) is 11.1 Å². The first kappa shape index (κ1) is 12.9. The average molecular weight is 272 g/mol. The van der Waals surface area contributed by atoms with E-state index in [1.165, 1.54) is 18.5 Å². The van der Waals surface area contributed by atoms with Gasteiger partial charge in [-0.1, -0.05) is 12.1 Å². The summed E-state index contributed by atoms with van der Waals surface area (Å²) in [4.78, 5) is 3.84. The van der Waals surface area contributed by atoms with E-state index < -0.39 is 11.7 Å². The zero-order valence-corrected chi connectivity index (χ0v) is 9.96. The second-order valence-electron chi connectivity index (χ2n) is 3.70. The first-order valence-electron chi connectivity index (χ1n) is 5.19. The zero-order valence-electron chi connectivity index (χ0n) is 9.21. The molecule has 0 amide bonds. The third-order valence-electron chi connectivity index (χ3n) is 2.61. The molecule has 0 bridgehead atoms. The van der Waals surface area contributed by atoms with Crippen LogP contribution < -0.4 is 0 Å². The van der Waals surface area contributed by atoms with Crippen molar-refractivity contribution in [3.05, 3.63) is 53.9 Å². The van der Waals surface area contributed by atoms with E-state index in [0.717, 1.165) is 6.07 Å². The lowest BCUT2D eigenvalue weighted by atomic mass is 9.97. The smallest absolute Gasteiger partial charge is 0.265 e. The predicted molar refractivity (Wildman–Crippen MR) is 64.2 cm³/mol. The minimum absolute atomic E-state index is 0.0952. The molecule has 0 saturated carbocycles. The molecule has 0 N–H and O–H groups in total. The number of hydrogen-bond donors (Lipinski definition) is 0. The lowest BCUT2D eigenvalue weighted by Crippen LogP contribution is -2.09. The number of aromatic nitrogens is 1. The van der Waals surface area contributed by atoms with Gasteiger partial charge in [-0.15, -0.1) is 11.6 Å². The van der Waals surface area contributed by atoms with Crippen LogP contribution in [-0.4, -0.2) is 4.98 Å². The summed E-state index contributed by atoms with van der Waals surface area (Å²) in [5.74, 6) is -0.187. The number of pyridine rings is 1. The van der Waals surface area contributed by atoms with Crippen molar-refractivity contribution in [1.82, 2.24) is 4.98 Å². The summed E-state index contributed by atoms with van der Waals surface area (Å²) in [6.45, 7) is 0. The normalized spacial score (nSPS) is 11.6. The molecule has 0 aliphatic heterocycles. The van der Waals surface area contributed by atoms with Crippen LogP contribution in [0.2, 0.25) is 0 Å². The molecule has 0 saturated heterocycles. The third kappa shape index (κ3) is 2.48. The Morgan fingerprint density at radius 3 is 2.28 bits per heavy atom. The van der Waals surface area contributed by atoms with E-state index in [1.807, 2.05) is 0 Å². The Hall–Kier alpha value is -1.55. The average Bonchev–Trinajstić information content (AvgIpc) is 2.37. The van der Waals surface area contributed by atoms with Crippen molar-refractivity contribution >= 4 is 11.6 Å². The van der Waals surface area contributed by atoms with Crippen molar-refractivity contribution < 1.29 is 13.2 Å². The molecule has 0 aliphatic carbocycles. The molecule has 0 radical (unpaired) electrons. The van der Waals surface area contributed by atoms with Crippen molar-refractivity contribution in [1.29, 1.82) is 0 Å². The van der Waals surface area contributed by atoms with Gasteiger partial charge in [0.1, 0.15) is 0 Å². The number of benzene rings is 1. The van der Waals surface area contributed by atoms with Crippen LogP contribution in [0.3, 0.4) is 0 Å². The molecule has 1 nitrogen and oxygen atoms in total. The van der Waals surface area contributed by atoms with Crippen LogP contribution in [0.5, 0.6) is 0 Å². The van der Waals surface area contributed by atoms with Crippen molar-refractivity contribution in [2.24, 2.45) is 0 Å². The second kappa shape index (κ2) is 4.98. The molecule has 0 spiro atoms. The van der Waals surface area contributed by atoms with E-state index in [1.54, 1.807) is 18.2 Å². The number of nitrogens with zero attached hydrogens (tertiary/aromatic N) is 1. The maximum absolute atomic E-state index is 12.9. The van der Waals surface area contributed by atoms with Crippen molar-refractivity contribution in [3.63, 3.8) is 0 Å². The Morgan fingerprint density at radius 2 is 1.72 bits per heavy atom. The van der Waals surface area contributed by atoms with Gasteiger partial charge < -0.3 is 0 Å². The molecule has 1 aromatic heterocycles.